The molecule has 1 rings (SSSR count). The Morgan fingerprint density at radius 2 is 1.82 bits per heavy atom. The van der Waals surface area contributed by atoms with E-state index in [1.54, 1.807) is 17.0 Å². The minimum Gasteiger partial charge on any atom is -0.357 e. The quantitative estimate of drug-likeness (QED) is 0.409. The monoisotopic (exact) mass is 409 g/mol. The van der Waals surface area contributed by atoms with Crippen LogP contribution < -0.4 is 16.0 Å². The van der Waals surface area contributed by atoms with Crippen molar-refractivity contribution in [3.8, 4) is 0 Å². The molecule has 0 saturated carbocycles. The number of aliphatic imine (C=N–C) groups is 1. The molecule has 0 spiro atoms. The highest BCUT2D eigenvalue weighted by Crippen LogP contribution is 2.22. The molecule has 8 heteroatoms. The Morgan fingerprint density at radius 1 is 1.11 bits per heavy atom. The third kappa shape index (κ3) is 8.17. The Morgan fingerprint density at radius 3 is 2.46 bits per heavy atom. The summed E-state index contributed by atoms with van der Waals surface area (Å²) in [6, 6.07) is 5.42. The number of anilines is 1. The van der Waals surface area contributed by atoms with Crippen molar-refractivity contribution in [3.05, 3.63) is 28.8 Å². The Bertz CT molecular complexity index is 675. The van der Waals surface area contributed by atoms with Gasteiger partial charge in [-0.3, -0.25) is 14.6 Å². The van der Waals surface area contributed by atoms with Gasteiger partial charge >= 0.3 is 0 Å². The summed E-state index contributed by atoms with van der Waals surface area (Å²) in [4.78, 5) is 30.4. The molecule has 0 fully saturated rings. The summed E-state index contributed by atoms with van der Waals surface area (Å²) in [7, 11) is 0. The SMILES string of the molecule is CCNC(=NCCC(=O)N(CC)CC)NCCC(=O)Nc1cccc(Cl)c1C. The van der Waals surface area contributed by atoms with Gasteiger partial charge in [0.1, 0.15) is 0 Å². The lowest BCUT2D eigenvalue weighted by Crippen LogP contribution is -2.39. The molecule has 7 nitrogen and oxygen atoms in total. The minimum atomic E-state index is -0.106. The van der Waals surface area contributed by atoms with E-state index in [-0.39, 0.29) is 18.2 Å². The highest BCUT2D eigenvalue weighted by molar-refractivity contribution is 6.31. The first-order valence-electron chi connectivity index (χ1n) is 9.77. The third-order valence-corrected chi connectivity index (χ3v) is 4.65. The third-order valence-electron chi connectivity index (χ3n) is 4.24. The molecule has 28 heavy (non-hydrogen) atoms. The van der Waals surface area contributed by atoms with Crippen molar-refractivity contribution in [2.75, 3.05) is 38.0 Å². The summed E-state index contributed by atoms with van der Waals surface area (Å²) in [5.74, 6) is 0.591. The molecule has 0 unspecified atom stereocenters. The van der Waals surface area contributed by atoms with Crippen LogP contribution in [-0.2, 0) is 9.59 Å². The predicted molar refractivity (Wildman–Crippen MR) is 116 cm³/mol. The molecule has 0 bridgehead atoms. The van der Waals surface area contributed by atoms with Crippen LogP contribution in [0.3, 0.4) is 0 Å². The zero-order valence-corrected chi connectivity index (χ0v) is 18.0. The molecular formula is C20H32ClN5O2. The Hall–Kier alpha value is -2.28. The first kappa shape index (κ1) is 23.8. The van der Waals surface area contributed by atoms with Crippen LogP contribution in [0.15, 0.2) is 23.2 Å². The first-order chi connectivity index (χ1) is 13.4. The molecule has 0 aromatic heterocycles. The van der Waals surface area contributed by atoms with Crippen molar-refractivity contribution in [1.29, 1.82) is 0 Å². The van der Waals surface area contributed by atoms with Gasteiger partial charge in [0.25, 0.3) is 0 Å². The zero-order valence-electron chi connectivity index (χ0n) is 17.3. The molecule has 0 aliphatic carbocycles. The predicted octanol–water partition coefficient (Wildman–Crippen LogP) is 2.79. The molecule has 3 N–H and O–H groups in total. The second-order valence-electron chi connectivity index (χ2n) is 6.21. The number of guanidine groups is 1. The van der Waals surface area contributed by atoms with Crippen molar-refractivity contribution in [2.24, 2.45) is 4.99 Å². The number of hydrogen-bond donors (Lipinski definition) is 3. The molecule has 0 radical (unpaired) electrons. The molecule has 1 aromatic rings. The second kappa shape index (κ2) is 13.0. The van der Waals surface area contributed by atoms with Gasteiger partial charge in [0, 0.05) is 49.7 Å². The molecule has 0 atom stereocenters. The first-order valence-corrected chi connectivity index (χ1v) is 10.2. The summed E-state index contributed by atoms with van der Waals surface area (Å²) >= 11 is 6.07. The van der Waals surface area contributed by atoms with Gasteiger partial charge in [-0.1, -0.05) is 17.7 Å². The number of benzene rings is 1. The van der Waals surface area contributed by atoms with Crippen LogP contribution in [0.4, 0.5) is 5.69 Å². The normalized spacial score (nSPS) is 11.1. The number of amides is 2. The van der Waals surface area contributed by atoms with Gasteiger partial charge < -0.3 is 20.9 Å². The molecule has 0 aliphatic rings. The summed E-state index contributed by atoms with van der Waals surface area (Å²) in [5.41, 5.74) is 1.56. The highest BCUT2D eigenvalue weighted by atomic mass is 35.5. The molecule has 156 valence electrons. The lowest BCUT2D eigenvalue weighted by molar-refractivity contribution is -0.130. The maximum absolute atomic E-state index is 12.2. The van der Waals surface area contributed by atoms with Gasteiger partial charge in [0.2, 0.25) is 11.8 Å². The standard InChI is InChI=1S/C20H32ClN5O2/c1-5-22-20(24-14-12-19(28)26(6-2)7-3)23-13-11-18(27)25-17-10-8-9-16(21)15(17)4/h8-10H,5-7,11-14H2,1-4H3,(H,25,27)(H2,22,23,24). The Labute approximate surface area is 172 Å². The summed E-state index contributed by atoms with van der Waals surface area (Å²) in [5, 5.41) is 9.73. The van der Waals surface area contributed by atoms with E-state index in [0.717, 1.165) is 5.56 Å². The van der Waals surface area contributed by atoms with E-state index in [1.165, 1.54) is 0 Å². The lowest BCUT2D eigenvalue weighted by Gasteiger charge is -2.18. The van der Waals surface area contributed by atoms with Gasteiger partial charge in [-0.05, 0) is 45.4 Å². The number of carbonyl (C=O) groups excluding carboxylic acids is 2. The summed E-state index contributed by atoms with van der Waals surface area (Å²) in [6.07, 6.45) is 0.654. The fourth-order valence-corrected chi connectivity index (χ4v) is 2.76. The number of rotatable bonds is 10. The van der Waals surface area contributed by atoms with E-state index in [1.807, 2.05) is 33.8 Å². The van der Waals surface area contributed by atoms with Gasteiger partial charge in [0.15, 0.2) is 5.96 Å². The highest BCUT2D eigenvalue weighted by Gasteiger charge is 2.09. The minimum absolute atomic E-state index is 0.0980. The van der Waals surface area contributed by atoms with Crippen molar-refractivity contribution < 1.29 is 9.59 Å². The fourth-order valence-electron chi connectivity index (χ4n) is 2.59. The molecule has 1 aromatic carbocycles. The molecule has 0 aliphatic heterocycles. The molecule has 0 heterocycles. The van der Waals surface area contributed by atoms with Gasteiger partial charge in [-0.25, -0.2) is 0 Å². The average molecular weight is 410 g/mol. The van der Waals surface area contributed by atoms with Crippen LogP contribution in [0.2, 0.25) is 5.02 Å². The van der Waals surface area contributed by atoms with Gasteiger partial charge in [-0.2, -0.15) is 0 Å². The van der Waals surface area contributed by atoms with E-state index in [9.17, 15) is 9.59 Å². The van der Waals surface area contributed by atoms with Crippen molar-refractivity contribution in [2.45, 2.75) is 40.5 Å². The topological polar surface area (TPSA) is 85.8 Å². The van der Waals surface area contributed by atoms with Crippen LogP contribution in [0.1, 0.15) is 39.2 Å². The van der Waals surface area contributed by atoms with E-state index < -0.39 is 0 Å². The van der Waals surface area contributed by atoms with Crippen molar-refractivity contribution in [1.82, 2.24) is 15.5 Å². The Kier molecular flexibility index (Phi) is 11.0. The number of nitrogens with zero attached hydrogens (tertiary/aromatic N) is 2. The van der Waals surface area contributed by atoms with E-state index in [4.69, 9.17) is 11.6 Å². The van der Waals surface area contributed by atoms with Gasteiger partial charge in [-0.15, -0.1) is 0 Å². The second-order valence-corrected chi connectivity index (χ2v) is 6.62. The fraction of sp³-hybridized carbons (Fsp3) is 0.550. The molecule has 2 amide bonds. The Balaban J connectivity index is 2.46. The molecular weight excluding hydrogens is 378 g/mol. The zero-order chi connectivity index (χ0) is 20.9. The lowest BCUT2D eigenvalue weighted by atomic mass is 10.2. The van der Waals surface area contributed by atoms with Crippen molar-refractivity contribution in [3.63, 3.8) is 0 Å². The molecule has 0 saturated heterocycles. The van der Waals surface area contributed by atoms with Crippen LogP contribution in [0.25, 0.3) is 0 Å². The van der Waals surface area contributed by atoms with E-state index in [0.29, 0.717) is 55.8 Å². The van der Waals surface area contributed by atoms with E-state index >= 15 is 0 Å². The number of halogens is 1. The number of nitrogens with one attached hydrogen (secondary N) is 3. The van der Waals surface area contributed by atoms with Crippen LogP contribution in [0, 0.1) is 6.92 Å². The maximum Gasteiger partial charge on any atom is 0.226 e. The maximum atomic E-state index is 12.2. The van der Waals surface area contributed by atoms with E-state index in [2.05, 4.69) is 20.9 Å². The largest absolute Gasteiger partial charge is 0.357 e. The summed E-state index contributed by atoms with van der Waals surface area (Å²) < 4.78 is 0. The van der Waals surface area contributed by atoms with Gasteiger partial charge in [0.05, 0.1) is 6.54 Å². The van der Waals surface area contributed by atoms with Crippen molar-refractivity contribution >= 4 is 35.1 Å². The van der Waals surface area contributed by atoms with Crippen LogP contribution >= 0.6 is 11.6 Å². The smallest absolute Gasteiger partial charge is 0.226 e. The number of hydrogen-bond acceptors (Lipinski definition) is 3. The van der Waals surface area contributed by atoms with Crippen LogP contribution in [-0.4, -0.2) is 55.4 Å². The van der Waals surface area contributed by atoms with Crippen LogP contribution in [0.5, 0.6) is 0 Å². The number of carbonyl (C=O) groups is 2. The summed E-state index contributed by atoms with van der Waals surface area (Å²) in [6.45, 7) is 10.7. The average Bonchev–Trinajstić information content (AvgIpc) is 2.66.